The first-order valence-corrected chi connectivity index (χ1v) is 7.17. The first-order valence-electron chi connectivity index (χ1n) is 6.79. The Morgan fingerprint density at radius 2 is 1.90 bits per heavy atom. The van der Waals surface area contributed by atoms with Crippen LogP contribution in [-0.4, -0.2) is 5.91 Å². The Balaban J connectivity index is 2.12. The van der Waals surface area contributed by atoms with E-state index in [4.69, 9.17) is 11.6 Å². The largest absolute Gasteiger partial charge is 0.321 e. The van der Waals surface area contributed by atoms with Gasteiger partial charge in [-0.15, -0.1) is 0 Å². The molecule has 0 radical (unpaired) electrons. The van der Waals surface area contributed by atoms with Crippen molar-refractivity contribution in [1.29, 1.82) is 5.26 Å². The van der Waals surface area contributed by atoms with E-state index in [0.717, 1.165) is 31.3 Å². The van der Waals surface area contributed by atoms with E-state index in [-0.39, 0.29) is 11.5 Å². The number of carbonyl (C=O) groups is 1. The molecule has 4 heteroatoms. The molecule has 0 bridgehead atoms. The molecule has 1 aromatic carbocycles. The minimum atomic E-state index is -0.320. The molecule has 1 amide bonds. The molecule has 0 aromatic heterocycles. The van der Waals surface area contributed by atoms with Crippen molar-refractivity contribution in [2.24, 2.45) is 5.92 Å². The molecule has 0 aliphatic heterocycles. The summed E-state index contributed by atoms with van der Waals surface area (Å²) in [6, 6.07) is 8.92. The predicted octanol–water partition coefficient (Wildman–Crippen LogP) is 4.31. The van der Waals surface area contributed by atoms with E-state index in [9.17, 15) is 10.1 Å². The molecular formula is C16H17ClN2O. The van der Waals surface area contributed by atoms with Crippen LogP contribution in [0.4, 0.5) is 5.69 Å². The van der Waals surface area contributed by atoms with E-state index in [0.29, 0.717) is 16.6 Å². The van der Waals surface area contributed by atoms with Gasteiger partial charge >= 0.3 is 0 Å². The number of nitrogens with one attached hydrogen (secondary N) is 1. The van der Waals surface area contributed by atoms with Crippen molar-refractivity contribution in [3.8, 4) is 6.07 Å². The third-order valence-corrected chi connectivity index (χ3v) is 3.92. The fourth-order valence-electron chi connectivity index (χ4n) is 2.38. The summed E-state index contributed by atoms with van der Waals surface area (Å²) in [4.78, 5) is 12.2. The molecule has 0 saturated heterocycles. The number of amides is 1. The Morgan fingerprint density at radius 3 is 2.45 bits per heavy atom. The van der Waals surface area contributed by atoms with Crippen molar-refractivity contribution >= 4 is 23.2 Å². The summed E-state index contributed by atoms with van der Waals surface area (Å²) >= 11 is 5.80. The van der Waals surface area contributed by atoms with Crippen LogP contribution in [0.25, 0.3) is 0 Å². The lowest BCUT2D eigenvalue weighted by Crippen LogP contribution is -2.17. The monoisotopic (exact) mass is 288 g/mol. The zero-order valence-corrected chi connectivity index (χ0v) is 12.2. The molecule has 1 N–H and O–H groups in total. The summed E-state index contributed by atoms with van der Waals surface area (Å²) in [6.45, 7) is 2.20. The number of hydrogen-bond donors (Lipinski definition) is 1. The number of nitrogens with zero attached hydrogens (tertiary/aromatic N) is 1. The Morgan fingerprint density at radius 1 is 1.30 bits per heavy atom. The fraction of sp³-hybridized carbons (Fsp3) is 0.375. The number of benzene rings is 1. The predicted molar refractivity (Wildman–Crippen MR) is 80.4 cm³/mol. The van der Waals surface area contributed by atoms with Crippen LogP contribution in [0.5, 0.6) is 0 Å². The molecule has 1 aliphatic carbocycles. The topological polar surface area (TPSA) is 52.9 Å². The fourth-order valence-corrected chi connectivity index (χ4v) is 2.50. The van der Waals surface area contributed by atoms with Crippen LogP contribution in [0.15, 0.2) is 35.4 Å². The van der Waals surface area contributed by atoms with E-state index in [1.54, 1.807) is 24.3 Å². The maximum Gasteiger partial charge on any atom is 0.266 e. The second kappa shape index (κ2) is 6.58. The van der Waals surface area contributed by atoms with Gasteiger partial charge in [0.25, 0.3) is 5.91 Å². The maximum atomic E-state index is 12.2. The highest BCUT2D eigenvalue weighted by molar-refractivity contribution is 6.30. The van der Waals surface area contributed by atoms with Gasteiger partial charge in [0.1, 0.15) is 11.6 Å². The minimum Gasteiger partial charge on any atom is -0.321 e. The Kier molecular flexibility index (Phi) is 4.81. The van der Waals surface area contributed by atoms with Gasteiger partial charge in [-0.3, -0.25) is 4.79 Å². The number of hydrogen-bond acceptors (Lipinski definition) is 2. The van der Waals surface area contributed by atoms with Gasteiger partial charge in [0.2, 0.25) is 0 Å². The van der Waals surface area contributed by atoms with Gasteiger partial charge in [0, 0.05) is 10.7 Å². The molecule has 0 unspecified atom stereocenters. The van der Waals surface area contributed by atoms with Gasteiger partial charge < -0.3 is 5.32 Å². The number of carbonyl (C=O) groups excluding carboxylic acids is 1. The molecule has 1 aromatic rings. The molecule has 3 nitrogen and oxygen atoms in total. The molecule has 1 saturated carbocycles. The summed E-state index contributed by atoms with van der Waals surface area (Å²) in [6.07, 6.45) is 3.79. The number of anilines is 1. The first kappa shape index (κ1) is 14.6. The zero-order valence-electron chi connectivity index (χ0n) is 11.4. The molecule has 20 heavy (non-hydrogen) atoms. The van der Waals surface area contributed by atoms with Crippen molar-refractivity contribution in [3.05, 3.63) is 40.4 Å². The highest BCUT2D eigenvalue weighted by atomic mass is 35.5. The lowest BCUT2D eigenvalue weighted by Gasteiger charge is -2.21. The zero-order chi connectivity index (χ0) is 14.5. The van der Waals surface area contributed by atoms with Crippen LogP contribution in [-0.2, 0) is 4.79 Å². The minimum absolute atomic E-state index is 0.270. The van der Waals surface area contributed by atoms with Crippen LogP contribution in [0.1, 0.15) is 32.6 Å². The van der Waals surface area contributed by atoms with Crippen LogP contribution in [0, 0.1) is 17.2 Å². The number of allylic oxidation sites excluding steroid dienone is 1. The first-order chi connectivity index (χ1) is 9.60. The van der Waals surface area contributed by atoms with Crippen LogP contribution < -0.4 is 5.32 Å². The highest BCUT2D eigenvalue weighted by Crippen LogP contribution is 2.30. The summed E-state index contributed by atoms with van der Waals surface area (Å²) < 4.78 is 0. The SMILES string of the molecule is CC1CCC(=C(C#N)C(=O)Nc2ccc(Cl)cc2)CC1. The van der Waals surface area contributed by atoms with Gasteiger partial charge in [-0.05, 0) is 61.4 Å². The van der Waals surface area contributed by atoms with E-state index in [1.165, 1.54) is 0 Å². The number of halogens is 1. The molecular weight excluding hydrogens is 272 g/mol. The van der Waals surface area contributed by atoms with Crippen molar-refractivity contribution in [2.75, 3.05) is 5.32 Å². The van der Waals surface area contributed by atoms with Crippen LogP contribution in [0.2, 0.25) is 5.02 Å². The summed E-state index contributed by atoms with van der Waals surface area (Å²) in [5.74, 6) is 0.359. The lowest BCUT2D eigenvalue weighted by molar-refractivity contribution is -0.112. The van der Waals surface area contributed by atoms with E-state index in [1.807, 2.05) is 0 Å². The average Bonchev–Trinajstić information content (AvgIpc) is 2.44. The van der Waals surface area contributed by atoms with Crippen molar-refractivity contribution in [2.45, 2.75) is 32.6 Å². The summed E-state index contributed by atoms with van der Waals surface area (Å²) in [5, 5.41) is 12.6. The standard InChI is InChI=1S/C16H17ClN2O/c1-11-2-4-12(5-3-11)15(10-18)16(20)19-14-8-6-13(17)7-9-14/h6-9,11H,2-5H2,1H3,(H,19,20). The van der Waals surface area contributed by atoms with Gasteiger partial charge in [-0.2, -0.15) is 5.26 Å². The van der Waals surface area contributed by atoms with Gasteiger partial charge in [0.05, 0.1) is 0 Å². The smallest absolute Gasteiger partial charge is 0.266 e. The molecule has 0 spiro atoms. The molecule has 104 valence electrons. The van der Waals surface area contributed by atoms with Crippen LogP contribution in [0.3, 0.4) is 0 Å². The van der Waals surface area contributed by atoms with Crippen molar-refractivity contribution < 1.29 is 4.79 Å². The van der Waals surface area contributed by atoms with Crippen LogP contribution >= 0.6 is 11.6 Å². The maximum absolute atomic E-state index is 12.2. The third kappa shape index (κ3) is 3.61. The number of nitriles is 1. The average molecular weight is 289 g/mol. The van der Waals surface area contributed by atoms with E-state index < -0.39 is 0 Å². The lowest BCUT2D eigenvalue weighted by atomic mass is 9.85. The van der Waals surface area contributed by atoms with Gasteiger partial charge in [-0.25, -0.2) is 0 Å². The van der Waals surface area contributed by atoms with E-state index >= 15 is 0 Å². The van der Waals surface area contributed by atoms with E-state index in [2.05, 4.69) is 18.3 Å². The normalized spacial score (nSPS) is 18.2. The molecule has 0 heterocycles. The molecule has 1 aliphatic rings. The van der Waals surface area contributed by atoms with Gasteiger partial charge in [-0.1, -0.05) is 18.5 Å². The van der Waals surface area contributed by atoms with Crippen molar-refractivity contribution in [1.82, 2.24) is 0 Å². The Labute approximate surface area is 124 Å². The van der Waals surface area contributed by atoms with Gasteiger partial charge in [0.15, 0.2) is 0 Å². The Bertz CT molecular complexity index is 559. The highest BCUT2D eigenvalue weighted by Gasteiger charge is 2.20. The quantitative estimate of drug-likeness (QED) is 0.651. The van der Waals surface area contributed by atoms with Crippen molar-refractivity contribution in [3.63, 3.8) is 0 Å². The molecule has 1 fully saturated rings. The molecule has 2 rings (SSSR count). The summed E-state index contributed by atoms with van der Waals surface area (Å²) in [7, 11) is 0. The molecule has 0 atom stereocenters. The third-order valence-electron chi connectivity index (χ3n) is 3.67. The second-order valence-electron chi connectivity index (χ2n) is 5.23. The summed E-state index contributed by atoms with van der Waals surface area (Å²) in [5.41, 5.74) is 1.90. The Hall–Kier alpha value is -1.79. The second-order valence-corrected chi connectivity index (χ2v) is 5.67. The number of rotatable bonds is 2.